The fourth-order valence-corrected chi connectivity index (χ4v) is 5.89. The molecule has 4 aromatic carbocycles. The predicted molar refractivity (Wildman–Crippen MR) is 134 cm³/mol. The second-order valence-electron chi connectivity index (χ2n) is 9.92. The molecular formula is C30H24F3NO2. The molecule has 182 valence electrons. The van der Waals surface area contributed by atoms with Crippen LogP contribution in [0.2, 0.25) is 0 Å². The maximum Gasteiger partial charge on any atom is 0.416 e. The summed E-state index contributed by atoms with van der Waals surface area (Å²) >= 11 is 0. The number of hydrogen-bond acceptors (Lipinski definition) is 2. The van der Waals surface area contributed by atoms with Crippen LogP contribution in [0.15, 0.2) is 78.9 Å². The monoisotopic (exact) mass is 487 g/mol. The fourth-order valence-electron chi connectivity index (χ4n) is 5.89. The van der Waals surface area contributed by atoms with E-state index < -0.39 is 17.7 Å². The van der Waals surface area contributed by atoms with E-state index in [1.54, 1.807) is 12.1 Å². The predicted octanol–water partition coefficient (Wildman–Crippen LogP) is 7.36. The van der Waals surface area contributed by atoms with Crippen molar-refractivity contribution >= 4 is 16.7 Å². The SMILES string of the molecule is O=C(O)c1cc(-c2ccc([C@H]3C[C@@H]4CN[C@H]3C4)cc2)c2ccc(-c3ccc(C(F)(F)F)cc3)cc2c1. The summed E-state index contributed by atoms with van der Waals surface area (Å²) in [5, 5.41) is 15.0. The molecule has 0 spiro atoms. The molecule has 0 radical (unpaired) electrons. The topological polar surface area (TPSA) is 49.3 Å². The lowest BCUT2D eigenvalue weighted by Crippen LogP contribution is -2.31. The van der Waals surface area contributed by atoms with Crippen LogP contribution in [0.4, 0.5) is 13.2 Å². The number of halogens is 3. The second-order valence-corrected chi connectivity index (χ2v) is 9.92. The molecule has 0 amide bonds. The van der Waals surface area contributed by atoms with Gasteiger partial charge < -0.3 is 10.4 Å². The molecule has 1 aliphatic carbocycles. The Morgan fingerprint density at radius 1 is 0.833 bits per heavy atom. The Kier molecular flexibility index (Phi) is 5.38. The van der Waals surface area contributed by atoms with E-state index in [0.717, 1.165) is 52.1 Å². The molecule has 1 saturated heterocycles. The molecule has 6 rings (SSSR count). The Labute approximate surface area is 206 Å². The van der Waals surface area contributed by atoms with Gasteiger partial charge in [0, 0.05) is 6.04 Å². The van der Waals surface area contributed by atoms with Gasteiger partial charge in [0.15, 0.2) is 0 Å². The van der Waals surface area contributed by atoms with Crippen LogP contribution < -0.4 is 5.32 Å². The first-order chi connectivity index (χ1) is 17.3. The Balaban J connectivity index is 1.38. The van der Waals surface area contributed by atoms with E-state index in [0.29, 0.717) is 17.5 Å². The number of aromatic carboxylic acids is 1. The molecule has 1 saturated carbocycles. The summed E-state index contributed by atoms with van der Waals surface area (Å²) in [6, 6.07) is 22.9. The first-order valence-corrected chi connectivity index (χ1v) is 12.1. The normalized spacial score (nSPS) is 21.2. The molecule has 6 heteroatoms. The summed E-state index contributed by atoms with van der Waals surface area (Å²) in [5.41, 5.74) is 3.89. The molecule has 2 bridgehead atoms. The Morgan fingerprint density at radius 3 is 2.14 bits per heavy atom. The minimum absolute atomic E-state index is 0.170. The minimum atomic E-state index is -4.39. The van der Waals surface area contributed by atoms with Crippen molar-refractivity contribution in [2.75, 3.05) is 6.54 Å². The molecule has 2 aliphatic rings. The summed E-state index contributed by atoms with van der Waals surface area (Å²) in [4.78, 5) is 11.9. The van der Waals surface area contributed by atoms with Crippen LogP contribution in [0, 0.1) is 5.92 Å². The van der Waals surface area contributed by atoms with E-state index in [1.165, 1.54) is 30.5 Å². The number of nitrogens with one attached hydrogen (secondary N) is 1. The van der Waals surface area contributed by atoms with Gasteiger partial charge in [-0.3, -0.25) is 0 Å². The van der Waals surface area contributed by atoms with E-state index in [1.807, 2.05) is 18.2 Å². The van der Waals surface area contributed by atoms with Gasteiger partial charge in [0.05, 0.1) is 11.1 Å². The zero-order valence-corrected chi connectivity index (χ0v) is 19.3. The number of piperidine rings is 1. The highest BCUT2D eigenvalue weighted by molar-refractivity contribution is 6.04. The number of hydrogen-bond donors (Lipinski definition) is 2. The molecule has 3 nitrogen and oxygen atoms in total. The molecule has 0 aromatic heterocycles. The quantitative estimate of drug-likeness (QED) is 0.316. The lowest BCUT2D eigenvalue weighted by atomic mass is 9.89. The largest absolute Gasteiger partial charge is 0.478 e. The van der Waals surface area contributed by atoms with Gasteiger partial charge in [0.1, 0.15) is 0 Å². The van der Waals surface area contributed by atoms with Gasteiger partial charge in [-0.25, -0.2) is 4.79 Å². The molecule has 36 heavy (non-hydrogen) atoms. The zero-order chi connectivity index (χ0) is 25.0. The molecule has 3 atom stereocenters. The Hall–Kier alpha value is -3.64. The highest BCUT2D eigenvalue weighted by atomic mass is 19.4. The Bertz CT molecular complexity index is 1460. The van der Waals surface area contributed by atoms with Crippen LogP contribution in [0.3, 0.4) is 0 Å². The first-order valence-electron chi connectivity index (χ1n) is 12.1. The van der Waals surface area contributed by atoms with Crippen molar-refractivity contribution < 1.29 is 23.1 Å². The summed E-state index contributed by atoms with van der Waals surface area (Å²) in [6.07, 6.45) is -1.95. The van der Waals surface area contributed by atoms with Crippen LogP contribution in [0.1, 0.15) is 40.2 Å². The number of rotatable bonds is 4. The molecular weight excluding hydrogens is 463 g/mol. The third-order valence-electron chi connectivity index (χ3n) is 7.72. The van der Waals surface area contributed by atoms with Crippen molar-refractivity contribution in [1.82, 2.24) is 5.32 Å². The maximum atomic E-state index is 12.9. The van der Waals surface area contributed by atoms with Crippen molar-refractivity contribution in [2.45, 2.75) is 31.0 Å². The van der Waals surface area contributed by atoms with Crippen molar-refractivity contribution in [3.05, 3.63) is 95.6 Å². The summed E-state index contributed by atoms with van der Waals surface area (Å²) < 4.78 is 38.8. The fraction of sp³-hybridized carbons (Fsp3) is 0.233. The standard InChI is InChI=1S/C30H24F3NO2/c31-30(32,33)24-8-5-18(6-9-24)21-7-10-25-22(13-21)14-23(29(35)36)15-26(25)19-1-3-20(4-2-19)27-11-17-12-28(27)34-16-17/h1-10,13-15,17,27-28,34H,11-12,16H2,(H,35,36)/t17-,27+,28-/m0/s1. The molecule has 0 unspecified atom stereocenters. The first kappa shape index (κ1) is 22.8. The molecule has 4 aromatic rings. The molecule has 2 fully saturated rings. The smallest absolute Gasteiger partial charge is 0.416 e. The van der Waals surface area contributed by atoms with Gasteiger partial charge in [-0.1, -0.05) is 48.5 Å². The van der Waals surface area contributed by atoms with E-state index >= 15 is 0 Å². The number of carbonyl (C=O) groups is 1. The lowest BCUT2D eigenvalue weighted by molar-refractivity contribution is -0.137. The van der Waals surface area contributed by atoms with Gasteiger partial charge in [0.2, 0.25) is 0 Å². The number of alkyl halides is 3. The van der Waals surface area contributed by atoms with E-state index in [9.17, 15) is 23.1 Å². The van der Waals surface area contributed by atoms with Crippen LogP contribution in [-0.2, 0) is 6.18 Å². The van der Waals surface area contributed by atoms with Crippen LogP contribution in [0.5, 0.6) is 0 Å². The third kappa shape index (κ3) is 4.05. The van der Waals surface area contributed by atoms with Gasteiger partial charge in [-0.05, 0) is 100 Å². The molecule has 1 aliphatic heterocycles. The number of fused-ring (bicyclic) bond motifs is 3. The van der Waals surface area contributed by atoms with E-state index in [2.05, 4.69) is 29.6 Å². The van der Waals surface area contributed by atoms with E-state index in [4.69, 9.17) is 0 Å². The van der Waals surface area contributed by atoms with Gasteiger partial charge in [0.25, 0.3) is 0 Å². The van der Waals surface area contributed by atoms with Crippen LogP contribution in [0.25, 0.3) is 33.0 Å². The molecule has 1 heterocycles. The maximum absolute atomic E-state index is 12.9. The van der Waals surface area contributed by atoms with Crippen molar-refractivity contribution in [3.8, 4) is 22.3 Å². The Morgan fingerprint density at radius 2 is 1.53 bits per heavy atom. The highest BCUT2D eigenvalue weighted by Crippen LogP contribution is 2.43. The van der Waals surface area contributed by atoms with Gasteiger partial charge in [-0.2, -0.15) is 13.2 Å². The van der Waals surface area contributed by atoms with Crippen LogP contribution >= 0.6 is 0 Å². The van der Waals surface area contributed by atoms with Gasteiger partial charge in [-0.15, -0.1) is 0 Å². The van der Waals surface area contributed by atoms with Crippen LogP contribution in [-0.4, -0.2) is 23.7 Å². The summed E-state index contributed by atoms with van der Waals surface area (Å²) in [7, 11) is 0. The van der Waals surface area contributed by atoms with Crippen molar-refractivity contribution in [1.29, 1.82) is 0 Å². The second kappa shape index (κ2) is 8.49. The number of carboxylic acids is 1. The zero-order valence-electron chi connectivity index (χ0n) is 19.3. The van der Waals surface area contributed by atoms with Crippen molar-refractivity contribution in [3.63, 3.8) is 0 Å². The average Bonchev–Trinajstić information content (AvgIpc) is 3.51. The highest BCUT2D eigenvalue weighted by Gasteiger charge is 2.39. The number of carboxylic acid groups (broad SMARTS) is 1. The minimum Gasteiger partial charge on any atom is -0.478 e. The third-order valence-corrected chi connectivity index (χ3v) is 7.72. The number of benzene rings is 4. The average molecular weight is 488 g/mol. The van der Waals surface area contributed by atoms with Gasteiger partial charge >= 0.3 is 12.1 Å². The summed E-state index contributed by atoms with van der Waals surface area (Å²) in [6.45, 7) is 1.11. The molecule has 2 N–H and O–H groups in total. The van der Waals surface area contributed by atoms with Crippen molar-refractivity contribution in [2.24, 2.45) is 5.92 Å². The summed E-state index contributed by atoms with van der Waals surface area (Å²) in [5.74, 6) is 0.253. The van der Waals surface area contributed by atoms with E-state index in [-0.39, 0.29) is 5.56 Å². The lowest BCUT2D eigenvalue weighted by Gasteiger charge is -2.23.